The molecular weight excluding hydrogens is 249 g/mol. The fourth-order valence-electron chi connectivity index (χ4n) is 0.530. The smallest absolute Gasteiger partial charge is 0.790 e. The average Bonchev–Trinajstić information content (AvgIpc) is 1.97. The Morgan fingerprint density at radius 3 is 2.07 bits per heavy atom. The van der Waals surface area contributed by atoms with Gasteiger partial charge in [-0.15, -0.1) is 0 Å². The zero-order valence-corrected chi connectivity index (χ0v) is 13.6. The van der Waals surface area contributed by atoms with Crippen molar-refractivity contribution in [2.45, 2.75) is 19.1 Å². The van der Waals surface area contributed by atoms with Crippen molar-refractivity contribution in [3.63, 3.8) is 0 Å². The third-order valence-corrected chi connectivity index (χ3v) is 1.65. The van der Waals surface area contributed by atoms with E-state index in [-0.39, 0.29) is 59.1 Å². The van der Waals surface area contributed by atoms with E-state index < -0.39 is 32.4 Å². The van der Waals surface area contributed by atoms with Crippen molar-refractivity contribution in [3.8, 4) is 0 Å². The number of aliphatic hydroxyl groups is 2. The standard InChI is InChI=1S/C5H11O7P.2Na/c1-3(6)5(8)4(7)2-12-13(9,10)11;;/h4-5,7-8H,2H2,1H3,(H2,9,10,11);;/q;2*+1/p-2. The summed E-state index contributed by atoms with van der Waals surface area (Å²) in [6.45, 7) is 0.0763. The van der Waals surface area contributed by atoms with Crippen molar-refractivity contribution in [2.24, 2.45) is 0 Å². The number of ketones is 1. The zero-order chi connectivity index (χ0) is 10.6. The molecule has 0 aromatic rings. The van der Waals surface area contributed by atoms with Gasteiger partial charge in [-0.05, 0) is 6.92 Å². The molecule has 10 heteroatoms. The molecule has 0 amide bonds. The summed E-state index contributed by atoms with van der Waals surface area (Å²) in [5, 5.41) is 17.7. The first-order valence-electron chi connectivity index (χ1n) is 3.27. The van der Waals surface area contributed by atoms with Crippen LogP contribution in [0.3, 0.4) is 0 Å². The minimum absolute atomic E-state index is 0. The van der Waals surface area contributed by atoms with Crippen molar-refractivity contribution in [3.05, 3.63) is 0 Å². The van der Waals surface area contributed by atoms with Crippen LogP contribution in [0, 0.1) is 0 Å². The molecule has 0 aliphatic rings. The Morgan fingerprint density at radius 1 is 1.40 bits per heavy atom. The van der Waals surface area contributed by atoms with Gasteiger partial charge in [-0.1, -0.05) is 0 Å². The maximum Gasteiger partial charge on any atom is 1.00 e. The van der Waals surface area contributed by atoms with Gasteiger partial charge >= 0.3 is 59.1 Å². The van der Waals surface area contributed by atoms with Crippen molar-refractivity contribution >= 4 is 13.6 Å². The van der Waals surface area contributed by atoms with Gasteiger partial charge < -0.3 is 29.1 Å². The molecule has 2 N–H and O–H groups in total. The van der Waals surface area contributed by atoms with Crippen molar-refractivity contribution in [1.29, 1.82) is 0 Å². The molecule has 0 radical (unpaired) electrons. The van der Waals surface area contributed by atoms with E-state index >= 15 is 0 Å². The van der Waals surface area contributed by atoms with Crippen LogP contribution < -0.4 is 68.9 Å². The monoisotopic (exact) mass is 258 g/mol. The summed E-state index contributed by atoms with van der Waals surface area (Å²) in [6.07, 6.45) is -3.46. The molecule has 0 saturated carbocycles. The largest absolute Gasteiger partial charge is 1.00 e. The molecule has 15 heavy (non-hydrogen) atoms. The van der Waals surface area contributed by atoms with Crippen LogP contribution in [-0.2, 0) is 13.9 Å². The van der Waals surface area contributed by atoms with E-state index in [1.54, 1.807) is 0 Å². The summed E-state index contributed by atoms with van der Waals surface area (Å²) in [6, 6.07) is 0. The molecule has 0 aliphatic heterocycles. The average molecular weight is 258 g/mol. The van der Waals surface area contributed by atoms with E-state index in [9.17, 15) is 19.1 Å². The molecule has 0 aromatic carbocycles. The Kier molecular flexibility index (Phi) is 14.2. The topological polar surface area (TPSA) is 130 Å². The Labute approximate surface area is 131 Å². The molecule has 0 rings (SSSR count). The zero-order valence-electron chi connectivity index (χ0n) is 8.74. The molecule has 0 spiro atoms. The van der Waals surface area contributed by atoms with Gasteiger partial charge in [0.2, 0.25) is 0 Å². The molecule has 0 bridgehead atoms. The van der Waals surface area contributed by atoms with Gasteiger partial charge in [0, 0.05) is 0 Å². The fraction of sp³-hybridized carbons (Fsp3) is 0.800. The van der Waals surface area contributed by atoms with E-state index in [2.05, 4.69) is 4.52 Å². The Bertz CT molecular complexity index is 229. The first kappa shape index (κ1) is 21.9. The molecule has 0 fully saturated rings. The van der Waals surface area contributed by atoms with Crippen LogP contribution in [-0.4, -0.2) is 34.8 Å². The number of hydrogen-bond donors (Lipinski definition) is 2. The molecule has 0 saturated heterocycles. The second-order valence-corrected chi connectivity index (χ2v) is 3.52. The number of rotatable bonds is 5. The molecule has 0 aliphatic carbocycles. The van der Waals surface area contributed by atoms with Gasteiger partial charge in [-0.3, -0.25) is 4.79 Å². The van der Waals surface area contributed by atoms with Crippen molar-refractivity contribution < 1.29 is 93.0 Å². The normalized spacial score (nSPS) is 14.5. The van der Waals surface area contributed by atoms with Crippen LogP contribution >= 0.6 is 7.82 Å². The van der Waals surface area contributed by atoms with E-state index in [1.165, 1.54) is 0 Å². The van der Waals surface area contributed by atoms with E-state index in [0.717, 1.165) is 6.92 Å². The second-order valence-electron chi connectivity index (χ2n) is 2.37. The molecule has 78 valence electrons. The van der Waals surface area contributed by atoms with Gasteiger partial charge in [0.1, 0.15) is 12.2 Å². The molecule has 0 aromatic heterocycles. The molecule has 7 nitrogen and oxygen atoms in total. The minimum Gasteiger partial charge on any atom is -0.790 e. The molecule has 2 atom stereocenters. The Hall–Kier alpha value is 1.70. The Balaban J connectivity index is -0.000000720. The van der Waals surface area contributed by atoms with E-state index in [1.807, 2.05) is 0 Å². The number of phosphoric acid groups is 1. The quantitative estimate of drug-likeness (QED) is 0.370. The van der Waals surface area contributed by atoms with Gasteiger partial charge in [0.25, 0.3) is 0 Å². The number of phosphoric ester groups is 1. The van der Waals surface area contributed by atoms with E-state index in [4.69, 9.17) is 10.2 Å². The third-order valence-electron chi connectivity index (χ3n) is 1.18. The summed E-state index contributed by atoms with van der Waals surface area (Å²) < 4.78 is 13.5. The molecule has 2 unspecified atom stereocenters. The first-order chi connectivity index (χ1) is 5.74. The second kappa shape index (κ2) is 9.70. The SMILES string of the molecule is CC(=O)C(O)C(O)COP(=O)([O-])[O-].[Na+].[Na+]. The molecular formula is C5H9Na2O7P. The van der Waals surface area contributed by atoms with Crippen LogP contribution in [0.5, 0.6) is 0 Å². The first-order valence-corrected chi connectivity index (χ1v) is 4.73. The van der Waals surface area contributed by atoms with Crippen LogP contribution in [0.15, 0.2) is 0 Å². The maximum absolute atomic E-state index is 10.4. The number of hydrogen-bond acceptors (Lipinski definition) is 7. The number of carbonyl (C=O) groups is 1. The summed E-state index contributed by atoms with van der Waals surface area (Å²) >= 11 is 0. The summed E-state index contributed by atoms with van der Waals surface area (Å²) in [7, 11) is -5.17. The van der Waals surface area contributed by atoms with Crippen LogP contribution in [0.25, 0.3) is 0 Å². The van der Waals surface area contributed by atoms with Gasteiger partial charge in [-0.25, -0.2) is 0 Å². The maximum atomic E-state index is 10.4. The van der Waals surface area contributed by atoms with Crippen molar-refractivity contribution in [1.82, 2.24) is 0 Å². The Morgan fingerprint density at radius 2 is 1.80 bits per heavy atom. The summed E-state index contributed by atoms with van der Waals surface area (Å²) in [4.78, 5) is 30.2. The third kappa shape index (κ3) is 12.0. The van der Waals surface area contributed by atoms with Gasteiger partial charge in [0.15, 0.2) is 5.78 Å². The summed E-state index contributed by atoms with van der Waals surface area (Å²) in [5.74, 6) is -0.747. The minimum atomic E-state index is -5.17. The van der Waals surface area contributed by atoms with Crippen LogP contribution in [0.2, 0.25) is 0 Å². The van der Waals surface area contributed by atoms with Crippen LogP contribution in [0.4, 0.5) is 0 Å². The van der Waals surface area contributed by atoms with Gasteiger partial charge in [-0.2, -0.15) is 0 Å². The van der Waals surface area contributed by atoms with Crippen molar-refractivity contribution in [2.75, 3.05) is 6.61 Å². The fourth-order valence-corrected chi connectivity index (χ4v) is 0.865. The predicted molar refractivity (Wildman–Crippen MR) is 36.3 cm³/mol. The number of aliphatic hydroxyl groups excluding tert-OH is 2. The van der Waals surface area contributed by atoms with E-state index in [0.29, 0.717) is 0 Å². The molecule has 0 heterocycles. The predicted octanol–water partition coefficient (Wildman–Crippen LogP) is -8.85. The van der Waals surface area contributed by atoms with Crippen LogP contribution in [0.1, 0.15) is 6.92 Å². The summed E-state index contributed by atoms with van der Waals surface area (Å²) in [5.41, 5.74) is 0. The van der Waals surface area contributed by atoms with Gasteiger partial charge in [0.05, 0.1) is 14.4 Å². The number of Topliss-reactive ketones (excluding diaryl/α,β-unsaturated/α-hetero) is 1. The number of carbonyl (C=O) groups excluding carboxylic acids is 1.